The minimum Gasteiger partial charge on any atom is -0.493 e. The molecule has 1 unspecified atom stereocenters. The van der Waals surface area contributed by atoms with Gasteiger partial charge in [0, 0.05) is 12.1 Å². The molecular formula is C17H25N3O4. The summed E-state index contributed by atoms with van der Waals surface area (Å²) in [6, 6.07) is 4.83. The lowest BCUT2D eigenvalue weighted by Crippen LogP contribution is -2.33. The molecule has 132 valence electrons. The van der Waals surface area contributed by atoms with E-state index in [2.05, 4.69) is 10.6 Å². The normalized spacial score (nSPS) is 17.1. The summed E-state index contributed by atoms with van der Waals surface area (Å²) in [6.45, 7) is 2.52. The molecular weight excluding hydrogens is 310 g/mol. The van der Waals surface area contributed by atoms with Crippen molar-refractivity contribution < 1.29 is 19.1 Å². The summed E-state index contributed by atoms with van der Waals surface area (Å²) in [7, 11) is 1.48. The van der Waals surface area contributed by atoms with Gasteiger partial charge in [-0.1, -0.05) is 0 Å². The second kappa shape index (κ2) is 9.12. The molecule has 2 rings (SSSR count). The second-order valence-corrected chi connectivity index (χ2v) is 5.88. The number of piperidine rings is 1. The number of hydrogen-bond acceptors (Lipinski definition) is 5. The summed E-state index contributed by atoms with van der Waals surface area (Å²) in [6.07, 6.45) is 3.38. The van der Waals surface area contributed by atoms with Gasteiger partial charge < -0.3 is 25.8 Å². The van der Waals surface area contributed by atoms with E-state index in [1.165, 1.54) is 20.0 Å². The maximum atomic E-state index is 12.2. The Morgan fingerprint density at radius 1 is 1.38 bits per heavy atom. The van der Waals surface area contributed by atoms with Gasteiger partial charge in [0.1, 0.15) is 0 Å². The van der Waals surface area contributed by atoms with Gasteiger partial charge in [0.25, 0.3) is 11.8 Å². The quantitative estimate of drug-likeness (QED) is 0.648. The fourth-order valence-electron chi connectivity index (χ4n) is 2.74. The molecule has 7 nitrogen and oxygen atoms in total. The molecule has 24 heavy (non-hydrogen) atoms. The highest BCUT2D eigenvalue weighted by molar-refractivity contribution is 5.94. The van der Waals surface area contributed by atoms with E-state index in [1.807, 2.05) is 0 Å². The number of nitrogens with one attached hydrogen (secondary N) is 2. The zero-order valence-electron chi connectivity index (χ0n) is 14.0. The predicted octanol–water partition coefficient (Wildman–Crippen LogP) is 0.679. The van der Waals surface area contributed by atoms with Crippen molar-refractivity contribution in [2.75, 3.05) is 33.4 Å². The zero-order valence-corrected chi connectivity index (χ0v) is 14.0. The number of primary amides is 1. The molecule has 1 aliphatic heterocycles. The van der Waals surface area contributed by atoms with Crippen LogP contribution in [0.1, 0.15) is 29.6 Å². The van der Waals surface area contributed by atoms with Crippen LogP contribution in [0, 0.1) is 5.92 Å². The van der Waals surface area contributed by atoms with Crippen LogP contribution in [0.5, 0.6) is 11.5 Å². The Kier molecular flexibility index (Phi) is 6.87. The summed E-state index contributed by atoms with van der Waals surface area (Å²) in [4.78, 5) is 23.0. The molecule has 1 fully saturated rings. The average Bonchev–Trinajstić information content (AvgIpc) is 2.60. The van der Waals surface area contributed by atoms with Gasteiger partial charge in [-0.3, -0.25) is 9.59 Å². The Balaban J connectivity index is 1.87. The van der Waals surface area contributed by atoms with Crippen LogP contribution in [0.2, 0.25) is 0 Å². The van der Waals surface area contributed by atoms with Crippen LogP contribution in [0.3, 0.4) is 0 Å². The number of rotatable bonds is 8. The monoisotopic (exact) mass is 335 g/mol. The molecule has 1 atom stereocenters. The van der Waals surface area contributed by atoms with Gasteiger partial charge in [0.2, 0.25) is 0 Å². The maximum absolute atomic E-state index is 12.2. The minimum atomic E-state index is -0.573. The molecule has 0 radical (unpaired) electrons. The minimum absolute atomic E-state index is 0.154. The van der Waals surface area contributed by atoms with Gasteiger partial charge >= 0.3 is 0 Å². The first-order valence-corrected chi connectivity index (χ1v) is 8.18. The number of carbonyl (C=O) groups is 2. The molecule has 1 saturated heterocycles. The van der Waals surface area contributed by atoms with Gasteiger partial charge in [-0.15, -0.1) is 0 Å². The van der Waals surface area contributed by atoms with Crippen molar-refractivity contribution in [2.24, 2.45) is 11.7 Å². The van der Waals surface area contributed by atoms with Crippen molar-refractivity contribution >= 4 is 11.8 Å². The number of carbonyl (C=O) groups excluding carboxylic acids is 2. The second-order valence-electron chi connectivity index (χ2n) is 5.88. The molecule has 0 bridgehead atoms. The Labute approximate surface area is 141 Å². The predicted molar refractivity (Wildman–Crippen MR) is 90.2 cm³/mol. The molecule has 0 spiro atoms. The number of methoxy groups -OCH3 is 1. The standard InChI is InChI=1S/C17H25N3O4/c1-23-15-9-13(4-5-14(15)24-11-16(18)21)17(22)20-8-6-12-3-2-7-19-10-12/h4-5,9,12,19H,2-3,6-8,10-11H2,1H3,(H2,18,21)(H,20,22). The van der Waals surface area contributed by atoms with E-state index in [0.29, 0.717) is 29.5 Å². The van der Waals surface area contributed by atoms with E-state index in [1.54, 1.807) is 18.2 Å². The number of nitrogens with two attached hydrogens (primary N) is 1. The largest absolute Gasteiger partial charge is 0.493 e. The smallest absolute Gasteiger partial charge is 0.255 e. The van der Waals surface area contributed by atoms with Crippen LogP contribution in [-0.4, -0.2) is 45.2 Å². The van der Waals surface area contributed by atoms with Crippen molar-refractivity contribution in [2.45, 2.75) is 19.3 Å². The molecule has 1 heterocycles. The van der Waals surface area contributed by atoms with Crippen LogP contribution < -0.4 is 25.8 Å². The number of amides is 2. The fourth-order valence-corrected chi connectivity index (χ4v) is 2.74. The summed E-state index contributed by atoms with van der Waals surface area (Å²) in [5.74, 6) is 0.661. The highest BCUT2D eigenvalue weighted by Crippen LogP contribution is 2.28. The van der Waals surface area contributed by atoms with Crippen LogP contribution >= 0.6 is 0 Å². The molecule has 0 aliphatic carbocycles. The lowest BCUT2D eigenvalue weighted by Gasteiger charge is -2.22. The molecule has 0 aromatic heterocycles. The third kappa shape index (κ3) is 5.42. The molecule has 2 amide bonds. The fraction of sp³-hybridized carbons (Fsp3) is 0.529. The lowest BCUT2D eigenvalue weighted by molar-refractivity contribution is -0.119. The summed E-state index contributed by atoms with van der Waals surface area (Å²) in [5.41, 5.74) is 5.54. The van der Waals surface area contributed by atoms with Gasteiger partial charge in [-0.2, -0.15) is 0 Å². The number of hydrogen-bond donors (Lipinski definition) is 3. The van der Waals surface area contributed by atoms with Crippen molar-refractivity contribution in [1.29, 1.82) is 0 Å². The van der Waals surface area contributed by atoms with Gasteiger partial charge in [0.05, 0.1) is 7.11 Å². The lowest BCUT2D eigenvalue weighted by atomic mass is 9.96. The highest BCUT2D eigenvalue weighted by Gasteiger charge is 2.14. The molecule has 1 aliphatic rings. The first kappa shape index (κ1) is 18.1. The van der Waals surface area contributed by atoms with Gasteiger partial charge in [-0.05, 0) is 56.5 Å². The first-order valence-electron chi connectivity index (χ1n) is 8.18. The van der Waals surface area contributed by atoms with Gasteiger partial charge in [-0.25, -0.2) is 0 Å². The van der Waals surface area contributed by atoms with E-state index in [0.717, 1.165) is 19.5 Å². The van der Waals surface area contributed by atoms with Crippen LogP contribution in [0.15, 0.2) is 18.2 Å². The Morgan fingerprint density at radius 2 is 2.21 bits per heavy atom. The first-order chi connectivity index (χ1) is 11.6. The van der Waals surface area contributed by atoms with Crippen LogP contribution in [-0.2, 0) is 4.79 Å². The SMILES string of the molecule is COc1cc(C(=O)NCCC2CCCNC2)ccc1OCC(N)=O. The number of ether oxygens (including phenoxy) is 2. The molecule has 7 heteroatoms. The van der Waals surface area contributed by atoms with Crippen molar-refractivity contribution in [3.05, 3.63) is 23.8 Å². The van der Waals surface area contributed by atoms with Crippen molar-refractivity contribution in [3.8, 4) is 11.5 Å². The van der Waals surface area contributed by atoms with E-state index >= 15 is 0 Å². The van der Waals surface area contributed by atoms with E-state index in [9.17, 15) is 9.59 Å². The van der Waals surface area contributed by atoms with Crippen LogP contribution in [0.25, 0.3) is 0 Å². The molecule has 4 N–H and O–H groups in total. The van der Waals surface area contributed by atoms with E-state index < -0.39 is 5.91 Å². The third-order valence-corrected chi connectivity index (χ3v) is 4.03. The maximum Gasteiger partial charge on any atom is 0.255 e. The zero-order chi connectivity index (χ0) is 17.4. The number of benzene rings is 1. The topological polar surface area (TPSA) is 103 Å². The summed E-state index contributed by atoms with van der Waals surface area (Å²) < 4.78 is 10.4. The van der Waals surface area contributed by atoms with Gasteiger partial charge in [0.15, 0.2) is 18.1 Å². The third-order valence-electron chi connectivity index (χ3n) is 4.03. The highest BCUT2D eigenvalue weighted by atomic mass is 16.5. The van der Waals surface area contributed by atoms with Crippen LogP contribution in [0.4, 0.5) is 0 Å². The molecule has 1 aromatic rings. The Morgan fingerprint density at radius 3 is 2.88 bits per heavy atom. The van der Waals surface area contributed by atoms with E-state index in [4.69, 9.17) is 15.2 Å². The Bertz CT molecular complexity index is 571. The average molecular weight is 335 g/mol. The summed E-state index contributed by atoms with van der Waals surface area (Å²) in [5, 5.41) is 6.30. The molecule has 1 aromatic carbocycles. The van der Waals surface area contributed by atoms with E-state index in [-0.39, 0.29) is 12.5 Å². The Hall–Kier alpha value is -2.28. The van der Waals surface area contributed by atoms with Crippen molar-refractivity contribution in [3.63, 3.8) is 0 Å². The molecule has 0 saturated carbocycles. The van der Waals surface area contributed by atoms with Crippen molar-refractivity contribution in [1.82, 2.24) is 10.6 Å². The summed E-state index contributed by atoms with van der Waals surface area (Å²) >= 11 is 0.